The highest BCUT2D eigenvalue weighted by Crippen LogP contribution is 2.27. The van der Waals surface area contributed by atoms with Crippen molar-refractivity contribution in [2.24, 2.45) is 17.1 Å². The minimum absolute atomic E-state index is 0.125. The van der Waals surface area contributed by atoms with E-state index in [-0.39, 0.29) is 5.97 Å². The second-order valence-electron chi connectivity index (χ2n) is 5.81. The van der Waals surface area contributed by atoms with Crippen molar-refractivity contribution < 1.29 is 9.53 Å². The number of rotatable bonds is 5. The fourth-order valence-corrected chi connectivity index (χ4v) is 2.50. The van der Waals surface area contributed by atoms with E-state index in [0.29, 0.717) is 12.0 Å². The molecule has 0 spiro atoms. The normalized spacial score (nSPS) is 26.2. The third-order valence-corrected chi connectivity index (χ3v) is 3.89. The van der Waals surface area contributed by atoms with Gasteiger partial charge in [0.1, 0.15) is 0 Å². The molecule has 4 heteroatoms. The van der Waals surface area contributed by atoms with Crippen LogP contribution in [0.25, 0.3) is 0 Å². The number of hydrogen-bond acceptors (Lipinski definition) is 4. The van der Waals surface area contributed by atoms with Gasteiger partial charge in [0.25, 0.3) is 0 Å². The molecule has 1 saturated heterocycles. The molecule has 1 aliphatic rings. The Hall–Kier alpha value is -0.610. The number of hydrogen-bond donors (Lipinski definition) is 1. The molecule has 0 aliphatic carbocycles. The minimum Gasteiger partial charge on any atom is -0.469 e. The monoisotopic (exact) mass is 242 g/mol. The number of nitrogens with two attached hydrogens (primary N) is 1. The Morgan fingerprint density at radius 3 is 2.65 bits per heavy atom. The predicted molar refractivity (Wildman–Crippen MR) is 68.6 cm³/mol. The molecule has 17 heavy (non-hydrogen) atoms. The van der Waals surface area contributed by atoms with Gasteiger partial charge in [-0.3, -0.25) is 4.79 Å². The highest BCUT2D eigenvalue weighted by atomic mass is 16.5. The number of esters is 1. The van der Waals surface area contributed by atoms with Crippen LogP contribution in [0.4, 0.5) is 0 Å². The summed E-state index contributed by atoms with van der Waals surface area (Å²) in [6.07, 6.45) is 2.01. The van der Waals surface area contributed by atoms with Crippen LogP contribution < -0.4 is 5.73 Å². The molecule has 1 rings (SSSR count). The zero-order valence-corrected chi connectivity index (χ0v) is 11.5. The first-order valence-electron chi connectivity index (χ1n) is 6.43. The minimum atomic E-state index is -0.394. The Morgan fingerprint density at radius 2 is 2.18 bits per heavy atom. The van der Waals surface area contributed by atoms with Crippen molar-refractivity contribution >= 4 is 5.97 Å². The molecule has 0 saturated carbocycles. The van der Waals surface area contributed by atoms with Crippen molar-refractivity contribution in [3.8, 4) is 0 Å². The molecule has 0 aromatic heterocycles. The van der Waals surface area contributed by atoms with Crippen LogP contribution in [0, 0.1) is 11.3 Å². The molecule has 1 aliphatic heterocycles. The molecule has 0 amide bonds. The molecule has 1 heterocycles. The fourth-order valence-electron chi connectivity index (χ4n) is 2.50. The summed E-state index contributed by atoms with van der Waals surface area (Å²) in [6, 6.07) is 0.581. The van der Waals surface area contributed by atoms with Crippen molar-refractivity contribution in [1.29, 1.82) is 0 Å². The van der Waals surface area contributed by atoms with Crippen molar-refractivity contribution in [3.63, 3.8) is 0 Å². The maximum absolute atomic E-state index is 11.6. The Kier molecular flexibility index (Phi) is 4.95. The molecule has 0 aromatic carbocycles. The second kappa shape index (κ2) is 5.83. The molecule has 0 bridgehead atoms. The largest absolute Gasteiger partial charge is 0.469 e. The van der Waals surface area contributed by atoms with E-state index in [1.807, 2.05) is 13.8 Å². The Labute approximate surface area is 104 Å². The summed E-state index contributed by atoms with van der Waals surface area (Å²) in [7, 11) is 1.45. The third kappa shape index (κ3) is 3.68. The summed E-state index contributed by atoms with van der Waals surface area (Å²) in [6.45, 7) is 8.90. The van der Waals surface area contributed by atoms with Gasteiger partial charge in [0, 0.05) is 12.6 Å². The summed E-state index contributed by atoms with van der Waals surface area (Å²) in [5.74, 6) is 0.492. The molecule has 100 valence electrons. The highest BCUT2D eigenvalue weighted by Gasteiger charge is 2.32. The summed E-state index contributed by atoms with van der Waals surface area (Å²) >= 11 is 0. The lowest BCUT2D eigenvalue weighted by atomic mass is 9.89. The Morgan fingerprint density at radius 1 is 1.53 bits per heavy atom. The Bertz CT molecular complexity index is 266. The van der Waals surface area contributed by atoms with Gasteiger partial charge in [-0.05, 0) is 52.6 Å². The first-order valence-corrected chi connectivity index (χ1v) is 6.43. The van der Waals surface area contributed by atoms with Crippen LogP contribution >= 0.6 is 0 Å². The predicted octanol–water partition coefficient (Wildman–Crippen LogP) is 1.24. The van der Waals surface area contributed by atoms with Gasteiger partial charge in [-0.2, -0.15) is 0 Å². The number of carbonyl (C=O) groups is 1. The van der Waals surface area contributed by atoms with E-state index >= 15 is 0 Å². The summed E-state index contributed by atoms with van der Waals surface area (Å²) in [5.41, 5.74) is 5.32. The first-order chi connectivity index (χ1) is 7.90. The van der Waals surface area contributed by atoms with E-state index in [1.165, 1.54) is 13.5 Å². The van der Waals surface area contributed by atoms with E-state index in [0.717, 1.165) is 26.1 Å². The van der Waals surface area contributed by atoms with Gasteiger partial charge in [-0.15, -0.1) is 0 Å². The van der Waals surface area contributed by atoms with Gasteiger partial charge in [0.05, 0.1) is 12.5 Å². The summed E-state index contributed by atoms with van der Waals surface area (Å²) < 4.78 is 4.82. The van der Waals surface area contributed by atoms with Gasteiger partial charge in [-0.1, -0.05) is 0 Å². The lowest BCUT2D eigenvalue weighted by Gasteiger charge is -2.27. The summed E-state index contributed by atoms with van der Waals surface area (Å²) in [4.78, 5) is 14.0. The second-order valence-corrected chi connectivity index (χ2v) is 5.81. The SMILES string of the molecule is COC(=O)C(C)(C)CCN1CC(CN)CC1C. The topological polar surface area (TPSA) is 55.6 Å². The smallest absolute Gasteiger partial charge is 0.311 e. The quantitative estimate of drug-likeness (QED) is 0.737. The number of nitrogens with zero attached hydrogens (tertiary/aromatic N) is 1. The van der Waals surface area contributed by atoms with E-state index < -0.39 is 5.41 Å². The van der Waals surface area contributed by atoms with Gasteiger partial charge in [0.2, 0.25) is 0 Å². The maximum atomic E-state index is 11.6. The summed E-state index contributed by atoms with van der Waals surface area (Å²) in [5, 5.41) is 0. The number of ether oxygens (including phenoxy) is 1. The van der Waals surface area contributed by atoms with Gasteiger partial charge < -0.3 is 15.4 Å². The molecular weight excluding hydrogens is 216 g/mol. The fraction of sp³-hybridized carbons (Fsp3) is 0.923. The standard InChI is InChI=1S/C13H26N2O2/c1-10-7-11(8-14)9-15(10)6-5-13(2,3)12(16)17-4/h10-11H,5-9,14H2,1-4H3. The van der Waals surface area contributed by atoms with Crippen LogP contribution in [0.2, 0.25) is 0 Å². The third-order valence-electron chi connectivity index (χ3n) is 3.89. The van der Waals surface area contributed by atoms with Crippen LogP contribution in [-0.4, -0.2) is 43.7 Å². The first kappa shape index (κ1) is 14.5. The molecule has 0 radical (unpaired) electrons. The van der Waals surface area contributed by atoms with Crippen LogP contribution in [-0.2, 0) is 9.53 Å². The van der Waals surface area contributed by atoms with E-state index in [1.54, 1.807) is 0 Å². The molecule has 4 nitrogen and oxygen atoms in total. The lowest BCUT2D eigenvalue weighted by molar-refractivity contribution is -0.151. The molecule has 2 unspecified atom stereocenters. The number of methoxy groups -OCH3 is 1. The van der Waals surface area contributed by atoms with Crippen molar-refractivity contribution in [2.45, 2.75) is 39.7 Å². The average molecular weight is 242 g/mol. The number of likely N-dealkylation sites (tertiary alicyclic amines) is 1. The van der Waals surface area contributed by atoms with E-state index in [4.69, 9.17) is 10.5 Å². The highest BCUT2D eigenvalue weighted by molar-refractivity contribution is 5.75. The Balaban J connectivity index is 2.43. The van der Waals surface area contributed by atoms with E-state index in [2.05, 4.69) is 11.8 Å². The molecule has 1 fully saturated rings. The zero-order valence-electron chi connectivity index (χ0n) is 11.5. The molecule has 0 aromatic rings. The van der Waals surface area contributed by atoms with Crippen LogP contribution in [0.5, 0.6) is 0 Å². The van der Waals surface area contributed by atoms with Crippen LogP contribution in [0.3, 0.4) is 0 Å². The van der Waals surface area contributed by atoms with E-state index in [9.17, 15) is 4.79 Å². The molecule has 2 atom stereocenters. The van der Waals surface area contributed by atoms with Crippen molar-refractivity contribution in [1.82, 2.24) is 4.90 Å². The number of carbonyl (C=O) groups excluding carboxylic acids is 1. The molecule has 2 N–H and O–H groups in total. The van der Waals surface area contributed by atoms with Gasteiger partial charge >= 0.3 is 5.97 Å². The van der Waals surface area contributed by atoms with Crippen LogP contribution in [0.15, 0.2) is 0 Å². The average Bonchev–Trinajstić information content (AvgIpc) is 2.66. The van der Waals surface area contributed by atoms with Crippen LogP contribution in [0.1, 0.15) is 33.6 Å². The van der Waals surface area contributed by atoms with Crippen molar-refractivity contribution in [2.75, 3.05) is 26.7 Å². The maximum Gasteiger partial charge on any atom is 0.311 e. The van der Waals surface area contributed by atoms with Gasteiger partial charge in [0.15, 0.2) is 0 Å². The molecular formula is C13H26N2O2. The zero-order chi connectivity index (χ0) is 13.1. The van der Waals surface area contributed by atoms with Gasteiger partial charge in [-0.25, -0.2) is 0 Å². The lowest BCUT2D eigenvalue weighted by Crippen LogP contribution is -2.34. The van der Waals surface area contributed by atoms with Crippen molar-refractivity contribution in [3.05, 3.63) is 0 Å².